The van der Waals surface area contributed by atoms with E-state index in [1.54, 1.807) is 6.07 Å². The van der Waals surface area contributed by atoms with Crippen molar-refractivity contribution in [2.45, 2.75) is 37.8 Å². The van der Waals surface area contributed by atoms with Gasteiger partial charge in [0.1, 0.15) is 5.75 Å². The van der Waals surface area contributed by atoms with Crippen molar-refractivity contribution in [3.8, 4) is 5.75 Å². The minimum atomic E-state index is 0.312. The highest BCUT2D eigenvalue weighted by molar-refractivity contribution is 5.83. The van der Waals surface area contributed by atoms with Gasteiger partial charge in [0.2, 0.25) is 0 Å². The first-order chi connectivity index (χ1) is 9.31. The molecular weight excluding hydrogens is 238 g/mol. The Morgan fingerprint density at radius 3 is 2.89 bits per heavy atom. The molecular formula is C16H19NO2. The van der Waals surface area contributed by atoms with Crippen molar-refractivity contribution in [1.82, 2.24) is 0 Å². The highest BCUT2D eigenvalue weighted by Crippen LogP contribution is 2.64. The molecule has 1 aromatic rings. The van der Waals surface area contributed by atoms with Gasteiger partial charge in [-0.05, 0) is 31.4 Å². The van der Waals surface area contributed by atoms with E-state index in [0.717, 1.165) is 18.6 Å². The second kappa shape index (κ2) is 4.07. The summed E-state index contributed by atoms with van der Waals surface area (Å²) < 4.78 is 5.89. The normalized spacial score (nSPS) is 35.1. The van der Waals surface area contributed by atoms with E-state index in [1.807, 2.05) is 24.4 Å². The number of para-hydroxylation sites is 1. The van der Waals surface area contributed by atoms with E-state index in [2.05, 4.69) is 0 Å². The molecule has 3 aliphatic rings. The summed E-state index contributed by atoms with van der Waals surface area (Å²) in [5.74, 6) is 0.926. The molecule has 4 rings (SSSR count). The first-order valence-electron chi connectivity index (χ1n) is 7.24. The van der Waals surface area contributed by atoms with Crippen LogP contribution in [0.1, 0.15) is 31.2 Å². The third-order valence-electron chi connectivity index (χ3n) is 5.29. The maximum absolute atomic E-state index is 9.79. The van der Waals surface area contributed by atoms with Gasteiger partial charge in [-0.3, -0.25) is 4.99 Å². The van der Waals surface area contributed by atoms with Gasteiger partial charge < -0.3 is 9.84 Å². The van der Waals surface area contributed by atoms with E-state index in [1.165, 1.54) is 19.3 Å². The van der Waals surface area contributed by atoms with Gasteiger partial charge in [0, 0.05) is 29.7 Å². The summed E-state index contributed by atoms with van der Waals surface area (Å²) in [6.07, 6.45) is 7.31. The van der Waals surface area contributed by atoms with Gasteiger partial charge in [0.15, 0.2) is 0 Å². The summed E-state index contributed by atoms with van der Waals surface area (Å²) in [5.41, 5.74) is 1.15. The summed E-state index contributed by atoms with van der Waals surface area (Å²) in [7, 11) is 0. The Kier molecular flexibility index (Phi) is 2.46. The third kappa shape index (κ3) is 1.51. The van der Waals surface area contributed by atoms with Crippen molar-refractivity contribution in [3.63, 3.8) is 0 Å². The van der Waals surface area contributed by atoms with Crippen LogP contribution in [0, 0.1) is 11.3 Å². The summed E-state index contributed by atoms with van der Waals surface area (Å²) in [6, 6.07) is 7.80. The molecule has 0 radical (unpaired) electrons. The quantitative estimate of drug-likeness (QED) is 0.828. The average molecular weight is 257 g/mol. The number of aromatic hydroxyl groups is 1. The highest BCUT2D eigenvalue weighted by atomic mass is 16.5. The predicted octanol–water partition coefficient (Wildman–Crippen LogP) is 2.77. The zero-order chi connectivity index (χ0) is 12.9. The molecule has 1 N–H and O–H groups in total. The molecule has 3 fully saturated rings. The molecule has 2 aliphatic carbocycles. The van der Waals surface area contributed by atoms with E-state index in [4.69, 9.17) is 9.73 Å². The van der Waals surface area contributed by atoms with Gasteiger partial charge in [0.05, 0.1) is 12.1 Å². The monoisotopic (exact) mass is 257 g/mol. The van der Waals surface area contributed by atoms with Crippen molar-refractivity contribution in [3.05, 3.63) is 29.8 Å². The summed E-state index contributed by atoms with van der Waals surface area (Å²) >= 11 is 0. The number of fused-ring (bicyclic) bond motifs is 2. The standard InChI is InChI=1S/C16H19NO2/c18-13-5-2-1-4-11(13)10-17-14-12-6-9-19-15(12)16(14)7-3-8-16/h1-2,4-5,10,12,14-15,18H,3,6-9H2. The van der Waals surface area contributed by atoms with Crippen LogP contribution in [0.25, 0.3) is 0 Å². The van der Waals surface area contributed by atoms with E-state index < -0.39 is 0 Å². The maximum Gasteiger partial charge on any atom is 0.124 e. The number of nitrogens with zero attached hydrogens (tertiary/aromatic N) is 1. The van der Waals surface area contributed by atoms with Crippen LogP contribution < -0.4 is 0 Å². The first kappa shape index (κ1) is 11.5. The van der Waals surface area contributed by atoms with E-state index in [-0.39, 0.29) is 0 Å². The number of hydrogen-bond acceptors (Lipinski definition) is 3. The molecule has 0 amide bonds. The van der Waals surface area contributed by atoms with Gasteiger partial charge >= 0.3 is 0 Å². The lowest BCUT2D eigenvalue weighted by Gasteiger charge is -2.61. The molecule has 1 aliphatic heterocycles. The molecule has 2 saturated carbocycles. The molecule has 100 valence electrons. The molecule has 19 heavy (non-hydrogen) atoms. The zero-order valence-electron chi connectivity index (χ0n) is 11.0. The summed E-state index contributed by atoms with van der Waals surface area (Å²) in [4.78, 5) is 4.81. The number of ether oxygens (including phenoxy) is 1. The number of hydrogen-bond donors (Lipinski definition) is 1. The van der Waals surface area contributed by atoms with Gasteiger partial charge in [-0.2, -0.15) is 0 Å². The van der Waals surface area contributed by atoms with Crippen LogP contribution in [0.5, 0.6) is 5.75 Å². The molecule has 1 spiro atoms. The smallest absolute Gasteiger partial charge is 0.124 e. The second-order valence-electron chi connectivity index (χ2n) is 6.11. The molecule has 1 aromatic carbocycles. The van der Waals surface area contributed by atoms with Crippen LogP contribution in [-0.2, 0) is 4.74 Å². The lowest BCUT2D eigenvalue weighted by molar-refractivity contribution is -0.163. The number of phenols is 1. The molecule has 0 bridgehead atoms. The van der Waals surface area contributed by atoms with Crippen LogP contribution in [0.2, 0.25) is 0 Å². The SMILES string of the molecule is Oc1ccccc1C=NC1C2CCOC2C12CCC2. The first-order valence-corrected chi connectivity index (χ1v) is 7.24. The molecule has 3 nitrogen and oxygen atoms in total. The Bertz CT molecular complexity index is 521. The molecule has 3 unspecified atom stereocenters. The minimum Gasteiger partial charge on any atom is -0.507 e. The van der Waals surface area contributed by atoms with E-state index in [9.17, 15) is 5.11 Å². The lowest BCUT2D eigenvalue weighted by atomic mass is 9.46. The van der Waals surface area contributed by atoms with Crippen LogP contribution in [0.4, 0.5) is 0 Å². The fourth-order valence-corrected chi connectivity index (χ4v) is 4.18. The fraction of sp³-hybridized carbons (Fsp3) is 0.562. The zero-order valence-corrected chi connectivity index (χ0v) is 11.0. The average Bonchev–Trinajstić information content (AvgIpc) is 2.75. The Labute approximate surface area is 113 Å². The highest BCUT2D eigenvalue weighted by Gasteiger charge is 2.66. The van der Waals surface area contributed by atoms with Crippen molar-refractivity contribution in [2.75, 3.05) is 6.61 Å². The Balaban J connectivity index is 1.58. The molecule has 1 saturated heterocycles. The van der Waals surface area contributed by atoms with Gasteiger partial charge in [0.25, 0.3) is 0 Å². The Morgan fingerprint density at radius 1 is 1.32 bits per heavy atom. The fourth-order valence-electron chi connectivity index (χ4n) is 4.18. The van der Waals surface area contributed by atoms with Crippen LogP contribution >= 0.6 is 0 Å². The van der Waals surface area contributed by atoms with E-state index in [0.29, 0.717) is 29.2 Å². The van der Waals surface area contributed by atoms with Crippen molar-refractivity contribution in [1.29, 1.82) is 0 Å². The van der Waals surface area contributed by atoms with Crippen LogP contribution in [0.15, 0.2) is 29.3 Å². The molecule has 1 heterocycles. The molecule has 0 aromatic heterocycles. The van der Waals surface area contributed by atoms with Crippen molar-refractivity contribution >= 4 is 6.21 Å². The minimum absolute atomic E-state index is 0.312. The van der Waals surface area contributed by atoms with Crippen LogP contribution in [0.3, 0.4) is 0 Å². The third-order valence-corrected chi connectivity index (χ3v) is 5.29. The molecule has 3 atom stereocenters. The Morgan fingerprint density at radius 2 is 2.16 bits per heavy atom. The van der Waals surface area contributed by atoms with E-state index >= 15 is 0 Å². The van der Waals surface area contributed by atoms with Gasteiger partial charge in [-0.1, -0.05) is 18.6 Å². The summed E-state index contributed by atoms with van der Waals surface area (Å²) in [6.45, 7) is 0.902. The largest absolute Gasteiger partial charge is 0.507 e. The second-order valence-corrected chi connectivity index (χ2v) is 6.11. The maximum atomic E-state index is 9.79. The van der Waals surface area contributed by atoms with Crippen molar-refractivity contribution < 1.29 is 9.84 Å². The lowest BCUT2D eigenvalue weighted by Crippen LogP contribution is -2.65. The van der Waals surface area contributed by atoms with Gasteiger partial charge in [-0.15, -0.1) is 0 Å². The number of phenolic OH excluding ortho intramolecular Hbond substituents is 1. The Hall–Kier alpha value is -1.35. The molecule has 3 heteroatoms. The predicted molar refractivity (Wildman–Crippen MR) is 73.6 cm³/mol. The van der Waals surface area contributed by atoms with Gasteiger partial charge in [-0.25, -0.2) is 0 Å². The van der Waals surface area contributed by atoms with Crippen LogP contribution in [-0.4, -0.2) is 30.1 Å². The summed E-state index contributed by atoms with van der Waals surface area (Å²) in [5, 5.41) is 9.79. The van der Waals surface area contributed by atoms with Crippen molar-refractivity contribution in [2.24, 2.45) is 16.3 Å². The topological polar surface area (TPSA) is 41.8 Å². The number of benzene rings is 1. The number of aliphatic imine (C=N–C) groups is 1. The number of rotatable bonds is 2.